The summed E-state index contributed by atoms with van der Waals surface area (Å²) in [4.78, 5) is 0. The summed E-state index contributed by atoms with van der Waals surface area (Å²) in [6, 6.07) is 17.3. The first-order valence-corrected chi connectivity index (χ1v) is 24.7. The Labute approximate surface area is 372 Å². The van der Waals surface area contributed by atoms with Crippen LogP contribution in [0, 0.1) is 13.8 Å². The molecule has 0 amide bonds. The van der Waals surface area contributed by atoms with Crippen LogP contribution in [0.25, 0.3) is 16.9 Å². The van der Waals surface area contributed by atoms with Crippen LogP contribution in [0.2, 0.25) is 0 Å². The molecule has 0 saturated heterocycles. The Hall–Kier alpha value is -1.99. The molecule has 1 aliphatic rings. The van der Waals surface area contributed by atoms with Gasteiger partial charge in [0, 0.05) is 23.3 Å². The number of unbranched alkanes of at least 4 members (excludes halogenated alkanes) is 27. The van der Waals surface area contributed by atoms with Gasteiger partial charge in [-0.15, -0.1) is 0 Å². The van der Waals surface area contributed by atoms with Crippen LogP contribution < -0.4 is 0 Å². The van der Waals surface area contributed by atoms with Crippen molar-refractivity contribution in [2.45, 2.75) is 240 Å². The van der Waals surface area contributed by atoms with Gasteiger partial charge in [0.2, 0.25) is 11.4 Å². The van der Waals surface area contributed by atoms with Crippen LogP contribution in [-0.4, -0.2) is 4.70 Å². The molecule has 332 valence electrons. The average molecular weight is 840 g/mol. The average Bonchev–Trinajstić information content (AvgIpc) is 3.62. The van der Waals surface area contributed by atoms with Crippen LogP contribution in [0.5, 0.6) is 0 Å². The minimum Gasteiger partial charge on any atom is -0.493 e. The van der Waals surface area contributed by atoms with Gasteiger partial charge in [0.1, 0.15) is 0 Å². The fourth-order valence-electron chi connectivity index (χ4n) is 7.61. The van der Waals surface area contributed by atoms with Crippen LogP contribution in [0.15, 0.2) is 60.7 Å². The molecule has 2 aromatic carbocycles. The SMILES string of the molecule is CCCCCCCCc1ccc(C2=CC=C(c3cccc(CCCCC)c3)[N+]2=[N-])cc1.[CH2-]CCCCCCCCCCCC.[CH2-]CCCCCCCCCCCC.[Ni+2]. The van der Waals surface area contributed by atoms with E-state index < -0.39 is 0 Å². The first-order valence-electron chi connectivity index (χ1n) is 24.7. The smallest absolute Gasteiger partial charge is 0.493 e. The van der Waals surface area contributed by atoms with Crippen molar-refractivity contribution in [2.24, 2.45) is 0 Å². The molecule has 0 N–H and O–H groups in total. The first-order chi connectivity index (χ1) is 28.1. The van der Waals surface area contributed by atoms with Gasteiger partial charge in [-0.2, -0.15) is 12.8 Å². The first kappa shape index (κ1) is 56.0. The largest absolute Gasteiger partial charge is 2.00 e. The predicted octanol–water partition coefficient (Wildman–Crippen LogP) is 19.0. The van der Waals surface area contributed by atoms with E-state index in [1.807, 2.05) is 12.2 Å². The Morgan fingerprint density at radius 1 is 0.397 bits per heavy atom. The van der Waals surface area contributed by atoms with Crippen LogP contribution in [0.3, 0.4) is 0 Å². The van der Waals surface area contributed by atoms with Gasteiger partial charge >= 0.3 is 16.5 Å². The van der Waals surface area contributed by atoms with Crippen molar-refractivity contribution >= 4 is 11.4 Å². The maximum atomic E-state index is 10.9. The van der Waals surface area contributed by atoms with Crippen molar-refractivity contribution in [2.75, 3.05) is 0 Å². The van der Waals surface area contributed by atoms with E-state index in [4.69, 9.17) is 0 Å². The minimum absolute atomic E-state index is 0. The summed E-state index contributed by atoms with van der Waals surface area (Å²) in [6.45, 7) is 16.8. The zero-order valence-electron chi connectivity index (χ0n) is 38.7. The van der Waals surface area contributed by atoms with Gasteiger partial charge in [-0.25, -0.2) is 4.70 Å². The van der Waals surface area contributed by atoms with Gasteiger partial charge < -0.3 is 19.4 Å². The molecule has 0 atom stereocenters. The molecular weight excluding hydrogens is 747 g/mol. The molecule has 0 saturated carbocycles. The molecule has 0 radical (unpaired) electrons. The Kier molecular flexibility index (Phi) is 40.3. The third-order valence-electron chi connectivity index (χ3n) is 11.4. The molecule has 0 aromatic heterocycles. The van der Waals surface area contributed by atoms with Gasteiger partial charge in [-0.1, -0.05) is 225 Å². The van der Waals surface area contributed by atoms with Crippen LogP contribution in [0.1, 0.15) is 249 Å². The number of nitrogens with zero attached hydrogens (tertiary/aromatic N) is 2. The maximum absolute atomic E-state index is 10.9. The van der Waals surface area contributed by atoms with Crippen LogP contribution in [-0.2, 0) is 29.3 Å². The number of rotatable bonds is 33. The fourth-order valence-corrected chi connectivity index (χ4v) is 7.61. The molecular formula is C55H92N2Ni. The van der Waals surface area contributed by atoms with Gasteiger partial charge in [-0.3, -0.25) is 0 Å². The van der Waals surface area contributed by atoms with E-state index in [0.717, 1.165) is 48.2 Å². The molecule has 3 rings (SSSR count). The summed E-state index contributed by atoms with van der Waals surface area (Å²) in [5.74, 6) is 0. The van der Waals surface area contributed by atoms with Crippen molar-refractivity contribution in [3.63, 3.8) is 0 Å². The molecule has 0 bridgehead atoms. The Balaban J connectivity index is 0.00000100. The van der Waals surface area contributed by atoms with E-state index in [9.17, 15) is 5.53 Å². The molecule has 1 heterocycles. The van der Waals surface area contributed by atoms with Crippen molar-refractivity contribution in [3.05, 3.63) is 102 Å². The van der Waals surface area contributed by atoms with E-state index in [1.165, 1.54) is 202 Å². The third-order valence-corrected chi connectivity index (χ3v) is 11.4. The number of allylic oxidation sites excluding steroid dienone is 2. The van der Waals surface area contributed by atoms with E-state index >= 15 is 0 Å². The van der Waals surface area contributed by atoms with E-state index in [-0.39, 0.29) is 16.5 Å². The summed E-state index contributed by atoms with van der Waals surface area (Å²) >= 11 is 0. The van der Waals surface area contributed by atoms with Crippen molar-refractivity contribution < 1.29 is 21.2 Å². The number of hydrogen-bond donors (Lipinski definition) is 0. The molecule has 2 aromatic rings. The van der Waals surface area contributed by atoms with Gasteiger partial charge in [-0.05, 0) is 61.1 Å². The molecule has 2 nitrogen and oxygen atoms in total. The van der Waals surface area contributed by atoms with E-state index in [2.05, 4.69) is 90.1 Å². The normalized spacial score (nSPS) is 11.9. The fraction of sp³-hybridized carbons (Fsp3) is 0.673. The van der Waals surface area contributed by atoms with Gasteiger partial charge in [0.25, 0.3) is 0 Å². The molecule has 3 heteroatoms. The number of hydrogen-bond acceptors (Lipinski definition) is 0. The van der Waals surface area contributed by atoms with Crippen LogP contribution in [0.4, 0.5) is 0 Å². The summed E-state index contributed by atoms with van der Waals surface area (Å²) in [6.07, 6.45) is 48.7. The molecule has 1 aliphatic heterocycles. The van der Waals surface area contributed by atoms with Crippen molar-refractivity contribution in [1.82, 2.24) is 0 Å². The second-order valence-corrected chi connectivity index (χ2v) is 16.9. The Morgan fingerprint density at radius 2 is 0.741 bits per heavy atom. The summed E-state index contributed by atoms with van der Waals surface area (Å²) in [7, 11) is 0. The second kappa shape index (κ2) is 41.7. The Bertz CT molecular complexity index is 1220. The number of aryl methyl sites for hydroxylation is 2. The van der Waals surface area contributed by atoms with Gasteiger partial charge in [0.05, 0.1) is 0 Å². The van der Waals surface area contributed by atoms with E-state index in [0.29, 0.717) is 0 Å². The van der Waals surface area contributed by atoms with Crippen molar-refractivity contribution in [1.29, 1.82) is 0 Å². The van der Waals surface area contributed by atoms with Crippen LogP contribution >= 0.6 is 0 Å². The molecule has 0 unspecified atom stereocenters. The van der Waals surface area contributed by atoms with Crippen molar-refractivity contribution in [3.8, 4) is 0 Å². The quantitative estimate of drug-likeness (QED) is 0.0296. The minimum atomic E-state index is 0. The third kappa shape index (κ3) is 29.3. The molecule has 0 fully saturated rings. The molecule has 0 spiro atoms. The standard InChI is InChI=1S/C29H38N2.2C13H27.Ni/c1-3-5-7-8-9-11-13-24-17-19-26(20-18-24)28-21-22-29(31(28)30)27-16-12-15-25(23-27)14-10-6-4-2;2*1-3-5-7-9-11-13-12-10-8-6-4-2;/h12,15-23H,3-11,13-14H2,1-2H3;2*1,3-13H2,2H3;/q;2*-1;+2. The zero-order valence-corrected chi connectivity index (χ0v) is 39.7. The molecule has 0 aliphatic carbocycles. The summed E-state index contributed by atoms with van der Waals surface area (Å²) in [5, 5.41) is 0. The molecule has 58 heavy (non-hydrogen) atoms. The zero-order chi connectivity index (χ0) is 41.4. The Morgan fingerprint density at radius 3 is 1.17 bits per heavy atom. The van der Waals surface area contributed by atoms with E-state index in [1.54, 1.807) is 0 Å². The monoisotopic (exact) mass is 839 g/mol. The number of benzene rings is 2. The second-order valence-electron chi connectivity index (χ2n) is 16.9. The summed E-state index contributed by atoms with van der Waals surface area (Å²) < 4.78 is 1.34. The maximum Gasteiger partial charge on any atom is 2.00 e. The predicted molar refractivity (Wildman–Crippen MR) is 256 cm³/mol. The topological polar surface area (TPSA) is 25.3 Å². The van der Waals surface area contributed by atoms with Gasteiger partial charge in [0.15, 0.2) is 0 Å². The summed E-state index contributed by atoms with van der Waals surface area (Å²) in [5.41, 5.74) is 17.4.